The van der Waals surface area contributed by atoms with E-state index >= 15 is 0 Å². The lowest BCUT2D eigenvalue weighted by Crippen LogP contribution is -2.41. The summed E-state index contributed by atoms with van der Waals surface area (Å²) in [6.45, 7) is 6.17. The maximum absolute atomic E-state index is 12.3. The van der Waals surface area contributed by atoms with Crippen LogP contribution in [-0.2, 0) is 11.3 Å². The third-order valence-corrected chi connectivity index (χ3v) is 5.11. The van der Waals surface area contributed by atoms with Crippen molar-refractivity contribution in [3.8, 4) is 0 Å². The number of anilines is 1. The zero-order valence-corrected chi connectivity index (χ0v) is 14.4. The third-order valence-electron chi connectivity index (χ3n) is 3.96. The van der Waals surface area contributed by atoms with E-state index in [0.717, 1.165) is 12.1 Å². The van der Waals surface area contributed by atoms with E-state index in [1.807, 2.05) is 17.8 Å². The summed E-state index contributed by atoms with van der Waals surface area (Å²) >= 11 is 1.88. The first-order chi connectivity index (χ1) is 11.1. The third kappa shape index (κ3) is 4.08. The number of carbonyl (C=O) groups excluding carboxylic acids is 1. The Labute approximate surface area is 142 Å². The molecule has 120 valence electrons. The Morgan fingerprint density at radius 2 is 1.96 bits per heavy atom. The molecule has 1 aliphatic rings. The Bertz CT molecular complexity index is 684. The number of fused-ring (bicyclic) bond motifs is 1. The van der Waals surface area contributed by atoms with Crippen molar-refractivity contribution in [3.63, 3.8) is 0 Å². The van der Waals surface area contributed by atoms with Gasteiger partial charge in [0.05, 0.1) is 12.2 Å². The number of nitrogens with one attached hydrogen (secondary N) is 1. The molecule has 0 bridgehead atoms. The van der Waals surface area contributed by atoms with Crippen LogP contribution >= 0.6 is 11.8 Å². The standard InChI is InChI=1S/C19H22N2OS/c1-14-7-9-16(10-8-14)11-20-19(22)13-21-12-15(2)23-18-6-4-3-5-17(18)21/h3-10,15H,11-13H2,1-2H3,(H,20,22). The second-order valence-electron chi connectivity index (χ2n) is 6.04. The second-order valence-corrected chi connectivity index (χ2v) is 7.52. The van der Waals surface area contributed by atoms with Crippen molar-refractivity contribution >= 4 is 23.4 Å². The first-order valence-corrected chi connectivity index (χ1v) is 8.82. The van der Waals surface area contributed by atoms with E-state index in [1.165, 1.54) is 16.1 Å². The monoisotopic (exact) mass is 326 g/mol. The highest BCUT2D eigenvalue weighted by Gasteiger charge is 2.23. The Morgan fingerprint density at radius 3 is 2.74 bits per heavy atom. The molecule has 1 N–H and O–H groups in total. The molecule has 0 radical (unpaired) electrons. The minimum absolute atomic E-state index is 0.0690. The lowest BCUT2D eigenvalue weighted by Gasteiger charge is -2.33. The van der Waals surface area contributed by atoms with Crippen molar-refractivity contribution in [2.75, 3.05) is 18.0 Å². The zero-order chi connectivity index (χ0) is 16.2. The van der Waals surface area contributed by atoms with Crippen LogP contribution < -0.4 is 10.2 Å². The molecule has 3 nitrogen and oxygen atoms in total. The first-order valence-electron chi connectivity index (χ1n) is 7.94. The number of aryl methyl sites for hydroxylation is 1. The molecule has 1 heterocycles. The molecule has 1 unspecified atom stereocenters. The van der Waals surface area contributed by atoms with Crippen LogP contribution in [0.25, 0.3) is 0 Å². The minimum atomic E-state index is 0.0690. The summed E-state index contributed by atoms with van der Waals surface area (Å²) in [6, 6.07) is 16.6. The Hall–Kier alpha value is -1.94. The van der Waals surface area contributed by atoms with Gasteiger partial charge in [-0.1, -0.05) is 48.9 Å². The molecule has 2 aromatic carbocycles. The summed E-state index contributed by atoms with van der Waals surface area (Å²) in [4.78, 5) is 15.8. The fourth-order valence-electron chi connectivity index (χ4n) is 2.77. The number of amides is 1. The average molecular weight is 326 g/mol. The van der Waals surface area contributed by atoms with Crippen molar-refractivity contribution in [2.24, 2.45) is 0 Å². The number of hydrogen-bond acceptors (Lipinski definition) is 3. The van der Waals surface area contributed by atoms with Crippen LogP contribution in [-0.4, -0.2) is 24.2 Å². The van der Waals surface area contributed by atoms with Crippen LogP contribution in [0, 0.1) is 6.92 Å². The van der Waals surface area contributed by atoms with Gasteiger partial charge in [-0.15, -0.1) is 11.8 Å². The lowest BCUT2D eigenvalue weighted by molar-refractivity contribution is -0.119. The van der Waals surface area contributed by atoms with Crippen LogP contribution in [0.15, 0.2) is 53.4 Å². The van der Waals surface area contributed by atoms with Crippen LogP contribution in [0.5, 0.6) is 0 Å². The maximum atomic E-state index is 12.3. The van der Waals surface area contributed by atoms with Gasteiger partial charge in [0.1, 0.15) is 0 Å². The summed E-state index contributed by atoms with van der Waals surface area (Å²) in [5, 5.41) is 3.52. The molecule has 0 saturated carbocycles. The number of rotatable bonds is 4. The SMILES string of the molecule is Cc1ccc(CNC(=O)CN2CC(C)Sc3ccccc32)cc1. The predicted octanol–water partition coefficient (Wildman–Crippen LogP) is 3.61. The Kier molecular flexibility index (Phi) is 4.91. The van der Waals surface area contributed by atoms with Crippen LogP contribution in [0.3, 0.4) is 0 Å². The quantitative estimate of drug-likeness (QED) is 0.931. The van der Waals surface area contributed by atoms with Gasteiger partial charge < -0.3 is 10.2 Å². The molecule has 0 fully saturated rings. The van der Waals surface area contributed by atoms with Crippen LogP contribution in [0.2, 0.25) is 0 Å². The number of hydrogen-bond donors (Lipinski definition) is 1. The number of nitrogens with zero attached hydrogens (tertiary/aromatic N) is 1. The first kappa shape index (κ1) is 15.9. The second kappa shape index (κ2) is 7.09. The number of para-hydroxylation sites is 1. The summed E-state index contributed by atoms with van der Waals surface area (Å²) in [5.41, 5.74) is 3.53. The van der Waals surface area contributed by atoms with E-state index in [0.29, 0.717) is 18.3 Å². The van der Waals surface area contributed by atoms with Gasteiger partial charge in [-0.25, -0.2) is 0 Å². The molecule has 23 heavy (non-hydrogen) atoms. The molecule has 3 rings (SSSR count). The van der Waals surface area contributed by atoms with Gasteiger partial charge in [0, 0.05) is 23.2 Å². The Morgan fingerprint density at radius 1 is 1.22 bits per heavy atom. The van der Waals surface area contributed by atoms with E-state index in [-0.39, 0.29) is 5.91 Å². The molecule has 1 aliphatic heterocycles. The highest BCUT2D eigenvalue weighted by atomic mass is 32.2. The van der Waals surface area contributed by atoms with Crippen LogP contribution in [0.4, 0.5) is 5.69 Å². The molecule has 4 heteroatoms. The van der Waals surface area contributed by atoms with Gasteiger partial charge in [0.15, 0.2) is 0 Å². The topological polar surface area (TPSA) is 32.3 Å². The van der Waals surface area contributed by atoms with Gasteiger partial charge >= 0.3 is 0 Å². The van der Waals surface area contributed by atoms with Crippen molar-refractivity contribution in [3.05, 3.63) is 59.7 Å². The summed E-state index contributed by atoms with van der Waals surface area (Å²) in [5.74, 6) is 0.0690. The lowest BCUT2D eigenvalue weighted by atomic mass is 10.1. The van der Waals surface area contributed by atoms with E-state index in [4.69, 9.17) is 0 Å². The van der Waals surface area contributed by atoms with E-state index in [2.05, 4.69) is 66.5 Å². The van der Waals surface area contributed by atoms with E-state index < -0.39 is 0 Å². The van der Waals surface area contributed by atoms with Gasteiger partial charge in [0.25, 0.3) is 0 Å². The molecule has 0 spiro atoms. The molecular formula is C19H22N2OS. The van der Waals surface area contributed by atoms with Crippen molar-refractivity contribution in [2.45, 2.75) is 30.5 Å². The zero-order valence-electron chi connectivity index (χ0n) is 13.6. The summed E-state index contributed by atoms with van der Waals surface area (Å²) in [7, 11) is 0. The van der Waals surface area contributed by atoms with E-state index in [1.54, 1.807) is 0 Å². The fraction of sp³-hybridized carbons (Fsp3) is 0.316. The molecule has 1 atom stereocenters. The van der Waals surface area contributed by atoms with Crippen molar-refractivity contribution in [1.29, 1.82) is 0 Å². The predicted molar refractivity (Wildman–Crippen MR) is 97.0 cm³/mol. The highest BCUT2D eigenvalue weighted by Crippen LogP contribution is 2.37. The van der Waals surface area contributed by atoms with E-state index in [9.17, 15) is 4.79 Å². The number of carbonyl (C=O) groups is 1. The molecule has 0 aliphatic carbocycles. The molecule has 0 aromatic heterocycles. The van der Waals surface area contributed by atoms with Crippen molar-refractivity contribution in [1.82, 2.24) is 5.32 Å². The fourth-order valence-corrected chi connectivity index (χ4v) is 3.93. The van der Waals surface area contributed by atoms with Crippen LogP contribution in [0.1, 0.15) is 18.1 Å². The smallest absolute Gasteiger partial charge is 0.239 e. The Balaban J connectivity index is 1.60. The van der Waals surface area contributed by atoms with Gasteiger partial charge in [-0.3, -0.25) is 4.79 Å². The average Bonchev–Trinajstić information content (AvgIpc) is 2.54. The molecule has 0 saturated heterocycles. The number of benzene rings is 2. The van der Waals surface area contributed by atoms with Crippen molar-refractivity contribution < 1.29 is 4.79 Å². The maximum Gasteiger partial charge on any atom is 0.239 e. The molecule has 2 aromatic rings. The normalized spacial score (nSPS) is 16.8. The minimum Gasteiger partial charge on any atom is -0.360 e. The summed E-state index contributed by atoms with van der Waals surface area (Å²) in [6.07, 6.45) is 0. The van der Waals surface area contributed by atoms with Gasteiger partial charge in [-0.05, 0) is 24.6 Å². The molecule has 1 amide bonds. The van der Waals surface area contributed by atoms with Gasteiger partial charge in [-0.2, -0.15) is 0 Å². The van der Waals surface area contributed by atoms with Gasteiger partial charge in [0.2, 0.25) is 5.91 Å². The highest BCUT2D eigenvalue weighted by molar-refractivity contribution is 8.00. The molecular weight excluding hydrogens is 304 g/mol. The number of thioether (sulfide) groups is 1. The summed E-state index contributed by atoms with van der Waals surface area (Å²) < 4.78 is 0. The largest absolute Gasteiger partial charge is 0.360 e.